The topological polar surface area (TPSA) is 82.3 Å². The quantitative estimate of drug-likeness (QED) is 0.442. The fraction of sp³-hybridized carbons (Fsp3) is 0.444. The van der Waals surface area contributed by atoms with E-state index in [4.69, 9.17) is 0 Å². The largest absolute Gasteiger partial charge is 0.361 e. The van der Waals surface area contributed by atoms with Crippen LogP contribution in [0.3, 0.4) is 0 Å². The van der Waals surface area contributed by atoms with Gasteiger partial charge in [-0.15, -0.1) is 0 Å². The molecule has 1 aliphatic heterocycles. The molecule has 0 spiro atoms. The molecule has 1 saturated heterocycles. The summed E-state index contributed by atoms with van der Waals surface area (Å²) in [7, 11) is -3.12. The molecule has 0 bridgehead atoms. The van der Waals surface area contributed by atoms with Crippen LogP contribution in [0.5, 0.6) is 0 Å². The molecule has 2 heterocycles. The van der Waals surface area contributed by atoms with Crippen LogP contribution in [-0.4, -0.2) is 42.5 Å². The predicted octanol–water partition coefficient (Wildman–Crippen LogP) is 5.17. The number of hydrogen-bond donors (Lipinski definition) is 2. The van der Waals surface area contributed by atoms with E-state index >= 15 is 0 Å². The Balaban J connectivity index is 1.50. The number of nitrogens with zero attached hydrogens (tertiary/aromatic N) is 1. The van der Waals surface area contributed by atoms with E-state index in [-0.39, 0.29) is 11.7 Å². The fourth-order valence-corrected chi connectivity index (χ4v) is 5.91. The van der Waals surface area contributed by atoms with Gasteiger partial charge in [-0.1, -0.05) is 37.6 Å². The summed E-state index contributed by atoms with van der Waals surface area (Å²) in [6.07, 6.45) is 6.27. The molecular formula is C27H35N3O3S. The van der Waals surface area contributed by atoms with Crippen LogP contribution < -0.4 is 5.32 Å². The van der Waals surface area contributed by atoms with Gasteiger partial charge in [-0.25, -0.2) is 12.7 Å². The smallest absolute Gasteiger partial charge is 0.220 e. The molecule has 182 valence electrons. The average Bonchev–Trinajstić information content (AvgIpc) is 3.30. The van der Waals surface area contributed by atoms with Crippen molar-refractivity contribution in [2.24, 2.45) is 0 Å². The number of H-pyrrole nitrogens is 1. The Morgan fingerprint density at radius 3 is 2.59 bits per heavy atom. The SMILES string of the molecule is CCCCC(=O)NCc1cccc(-c2ccc3[nH]cc(C4CCN(S(=O)(=O)CC)CC4)c3c2)c1. The number of amides is 1. The van der Waals surface area contributed by atoms with Gasteiger partial charge in [0.2, 0.25) is 15.9 Å². The van der Waals surface area contributed by atoms with Crippen molar-refractivity contribution in [1.29, 1.82) is 0 Å². The van der Waals surface area contributed by atoms with E-state index < -0.39 is 10.0 Å². The molecule has 4 rings (SSSR count). The number of unbranched alkanes of at least 4 members (excludes halogenated alkanes) is 1. The summed E-state index contributed by atoms with van der Waals surface area (Å²) in [6, 6.07) is 14.8. The van der Waals surface area contributed by atoms with Crippen molar-refractivity contribution in [1.82, 2.24) is 14.6 Å². The van der Waals surface area contributed by atoms with Crippen molar-refractivity contribution in [3.8, 4) is 11.1 Å². The second kappa shape index (κ2) is 10.7. The Labute approximate surface area is 202 Å². The first-order chi connectivity index (χ1) is 16.4. The van der Waals surface area contributed by atoms with E-state index in [1.165, 1.54) is 10.9 Å². The molecule has 1 aliphatic rings. The Kier molecular flexibility index (Phi) is 7.73. The summed E-state index contributed by atoms with van der Waals surface area (Å²) in [5.74, 6) is 0.607. The molecule has 0 saturated carbocycles. The van der Waals surface area contributed by atoms with Crippen molar-refractivity contribution in [3.63, 3.8) is 0 Å². The van der Waals surface area contributed by atoms with Crippen molar-refractivity contribution < 1.29 is 13.2 Å². The first-order valence-corrected chi connectivity index (χ1v) is 14.0. The van der Waals surface area contributed by atoms with Crippen molar-refractivity contribution in [2.75, 3.05) is 18.8 Å². The maximum absolute atomic E-state index is 12.2. The number of benzene rings is 2. The van der Waals surface area contributed by atoms with E-state index in [1.54, 1.807) is 11.2 Å². The number of aromatic nitrogens is 1. The van der Waals surface area contributed by atoms with Crippen LogP contribution in [-0.2, 0) is 21.4 Å². The number of sulfonamides is 1. The van der Waals surface area contributed by atoms with Crippen molar-refractivity contribution in [3.05, 3.63) is 59.8 Å². The normalized spacial score (nSPS) is 15.6. The van der Waals surface area contributed by atoms with Crippen LogP contribution in [0.4, 0.5) is 0 Å². The van der Waals surface area contributed by atoms with Crippen molar-refractivity contribution >= 4 is 26.8 Å². The highest BCUT2D eigenvalue weighted by atomic mass is 32.2. The summed E-state index contributed by atoms with van der Waals surface area (Å²) in [5, 5.41) is 4.22. The third-order valence-corrected chi connectivity index (χ3v) is 8.75. The molecule has 3 aromatic rings. The summed E-state index contributed by atoms with van der Waals surface area (Å²) in [5.41, 5.74) is 5.71. The minimum Gasteiger partial charge on any atom is -0.361 e. The van der Waals surface area contributed by atoms with E-state index in [1.807, 2.05) is 12.1 Å². The number of piperidine rings is 1. The third kappa shape index (κ3) is 5.53. The van der Waals surface area contributed by atoms with Crippen LogP contribution in [0.15, 0.2) is 48.7 Å². The van der Waals surface area contributed by atoms with Gasteiger partial charge in [0.15, 0.2) is 0 Å². The molecule has 1 aromatic heterocycles. The third-order valence-electron chi connectivity index (χ3n) is 6.87. The Morgan fingerprint density at radius 2 is 1.85 bits per heavy atom. The minimum absolute atomic E-state index is 0.100. The zero-order chi connectivity index (χ0) is 24.1. The first-order valence-electron chi connectivity index (χ1n) is 12.4. The number of hydrogen-bond acceptors (Lipinski definition) is 3. The van der Waals surface area contributed by atoms with Gasteiger partial charge in [-0.3, -0.25) is 4.79 Å². The highest BCUT2D eigenvalue weighted by Crippen LogP contribution is 2.35. The monoisotopic (exact) mass is 481 g/mol. The summed E-state index contributed by atoms with van der Waals surface area (Å²) < 4.78 is 26.1. The summed E-state index contributed by atoms with van der Waals surface area (Å²) >= 11 is 0. The molecule has 2 N–H and O–H groups in total. The lowest BCUT2D eigenvalue weighted by atomic mass is 9.89. The lowest BCUT2D eigenvalue weighted by molar-refractivity contribution is -0.121. The number of carbonyl (C=O) groups excluding carboxylic acids is 1. The molecular weight excluding hydrogens is 446 g/mol. The van der Waals surface area contributed by atoms with Gasteiger partial charge in [0.1, 0.15) is 0 Å². The zero-order valence-corrected chi connectivity index (χ0v) is 21.0. The first kappa shape index (κ1) is 24.5. The average molecular weight is 482 g/mol. The molecule has 7 heteroatoms. The maximum atomic E-state index is 12.2. The lowest BCUT2D eigenvalue weighted by Gasteiger charge is -2.30. The fourth-order valence-electron chi connectivity index (χ4n) is 4.77. The number of aromatic amines is 1. The predicted molar refractivity (Wildman–Crippen MR) is 138 cm³/mol. The molecule has 0 aliphatic carbocycles. The van der Waals surface area contributed by atoms with Gasteiger partial charge in [-0.05, 0) is 72.6 Å². The van der Waals surface area contributed by atoms with Gasteiger partial charge in [0, 0.05) is 43.2 Å². The van der Waals surface area contributed by atoms with E-state index in [0.717, 1.165) is 47.9 Å². The molecule has 0 unspecified atom stereocenters. The van der Waals surface area contributed by atoms with Crippen LogP contribution >= 0.6 is 0 Å². The minimum atomic E-state index is -3.12. The molecule has 34 heavy (non-hydrogen) atoms. The van der Waals surface area contributed by atoms with Crippen LogP contribution in [0.1, 0.15) is 63.0 Å². The number of fused-ring (bicyclic) bond motifs is 1. The molecule has 0 atom stereocenters. The second-order valence-electron chi connectivity index (χ2n) is 9.16. The zero-order valence-electron chi connectivity index (χ0n) is 20.1. The molecule has 0 radical (unpaired) electrons. The van der Waals surface area contributed by atoms with Crippen LogP contribution in [0.2, 0.25) is 0 Å². The van der Waals surface area contributed by atoms with Crippen LogP contribution in [0, 0.1) is 0 Å². The van der Waals surface area contributed by atoms with Gasteiger partial charge in [0.05, 0.1) is 5.75 Å². The molecule has 6 nitrogen and oxygen atoms in total. The number of nitrogens with one attached hydrogen (secondary N) is 2. The summed E-state index contributed by atoms with van der Waals surface area (Å²) in [6.45, 7) is 5.49. The van der Waals surface area contributed by atoms with Gasteiger partial charge in [0.25, 0.3) is 0 Å². The highest BCUT2D eigenvalue weighted by molar-refractivity contribution is 7.89. The maximum Gasteiger partial charge on any atom is 0.220 e. The van der Waals surface area contributed by atoms with Gasteiger partial charge in [-0.2, -0.15) is 0 Å². The summed E-state index contributed by atoms with van der Waals surface area (Å²) in [4.78, 5) is 15.4. The number of carbonyl (C=O) groups is 1. The number of rotatable bonds is 9. The van der Waals surface area contributed by atoms with E-state index in [9.17, 15) is 13.2 Å². The molecule has 1 fully saturated rings. The highest BCUT2D eigenvalue weighted by Gasteiger charge is 2.28. The lowest BCUT2D eigenvalue weighted by Crippen LogP contribution is -2.38. The Bertz CT molecular complexity index is 1240. The molecule has 1 amide bonds. The van der Waals surface area contributed by atoms with Crippen LogP contribution in [0.25, 0.3) is 22.0 Å². The standard InChI is InChI=1S/C27H35N3O3S/c1-3-5-9-27(31)29-18-20-7-6-8-22(16-20)23-10-11-26-24(17-23)25(19-28-26)21-12-14-30(15-13-21)34(32,33)4-2/h6-8,10-11,16-17,19,21,28H,3-5,9,12-15,18H2,1-2H3,(H,29,31). The molecule has 2 aromatic carbocycles. The van der Waals surface area contributed by atoms with E-state index in [0.29, 0.717) is 32.0 Å². The van der Waals surface area contributed by atoms with Gasteiger partial charge >= 0.3 is 0 Å². The van der Waals surface area contributed by atoms with E-state index in [2.05, 4.69) is 53.8 Å². The van der Waals surface area contributed by atoms with Gasteiger partial charge < -0.3 is 10.3 Å². The van der Waals surface area contributed by atoms with Crippen molar-refractivity contribution in [2.45, 2.75) is 58.4 Å². The second-order valence-corrected chi connectivity index (χ2v) is 11.4. The Morgan fingerprint density at radius 1 is 1.09 bits per heavy atom. The Hall–Kier alpha value is -2.64.